The van der Waals surface area contributed by atoms with E-state index in [1.165, 1.54) is 0 Å². The minimum Gasteiger partial charge on any atom is -0.508 e. The lowest BCUT2D eigenvalue weighted by molar-refractivity contribution is -0.121. The van der Waals surface area contributed by atoms with Gasteiger partial charge in [0.2, 0.25) is 5.91 Å². The molecule has 4 nitrogen and oxygen atoms in total. The number of nitrogens with one attached hydrogen (secondary N) is 2. The Kier molecular flexibility index (Phi) is 4.20. The SMILES string of the molecule is CC1CNCCC1NC(=O)Cc1ccccc1O. The van der Waals surface area contributed by atoms with Gasteiger partial charge in [-0.1, -0.05) is 25.1 Å². The van der Waals surface area contributed by atoms with E-state index in [2.05, 4.69) is 17.6 Å². The number of aromatic hydroxyl groups is 1. The lowest BCUT2D eigenvalue weighted by Gasteiger charge is -2.30. The standard InChI is InChI=1S/C14H20N2O2/c1-10-9-15-7-6-12(10)16-14(18)8-11-4-2-3-5-13(11)17/h2-5,10,12,15,17H,6-9H2,1H3,(H,16,18). The molecular formula is C14H20N2O2. The van der Waals surface area contributed by atoms with E-state index in [4.69, 9.17) is 0 Å². The van der Waals surface area contributed by atoms with Crippen LogP contribution in [0.1, 0.15) is 18.9 Å². The highest BCUT2D eigenvalue weighted by Crippen LogP contribution is 2.16. The van der Waals surface area contributed by atoms with Crippen LogP contribution in [0.15, 0.2) is 24.3 Å². The maximum absolute atomic E-state index is 11.9. The van der Waals surface area contributed by atoms with E-state index in [0.717, 1.165) is 19.5 Å². The van der Waals surface area contributed by atoms with Crippen LogP contribution >= 0.6 is 0 Å². The van der Waals surface area contributed by atoms with Crippen LogP contribution in [-0.2, 0) is 11.2 Å². The zero-order valence-electron chi connectivity index (χ0n) is 10.6. The number of piperidine rings is 1. The number of rotatable bonds is 3. The van der Waals surface area contributed by atoms with Crippen molar-refractivity contribution in [2.24, 2.45) is 5.92 Å². The van der Waals surface area contributed by atoms with E-state index in [1.807, 2.05) is 6.07 Å². The first-order chi connectivity index (χ1) is 8.66. The summed E-state index contributed by atoms with van der Waals surface area (Å²) in [6, 6.07) is 7.21. The largest absolute Gasteiger partial charge is 0.508 e. The number of phenolic OH excluding ortho intramolecular Hbond substituents is 1. The number of phenols is 1. The average molecular weight is 248 g/mol. The molecule has 18 heavy (non-hydrogen) atoms. The summed E-state index contributed by atoms with van der Waals surface area (Å²) in [6.07, 6.45) is 1.21. The lowest BCUT2D eigenvalue weighted by Crippen LogP contribution is -2.48. The third-order valence-electron chi connectivity index (χ3n) is 3.47. The van der Waals surface area contributed by atoms with Gasteiger partial charge in [0.15, 0.2) is 0 Å². The summed E-state index contributed by atoms with van der Waals surface area (Å²) in [5.74, 6) is 0.619. The number of para-hydroxylation sites is 1. The van der Waals surface area contributed by atoms with Gasteiger partial charge in [-0.3, -0.25) is 4.79 Å². The molecule has 1 saturated heterocycles. The minimum absolute atomic E-state index is 0.0183. The van der Waals surface area contributed by atoms with E-state index in [1.54, 1.807) is 18.2 Å². The van der Waals surface area contributed by atoms with Crippen molar-refractivity contribution >= 4 is 5.91 Å². The summed E-state index contributed by atoms with van der Waals surface area (Å²) in [5, 5.41) is 16.0. The van der Waals surface area contributed by atoms with Crippen LogP contribution in [0.3, 0.4) is 0 Å². The van der Waals surface area contributed by atoms with Crippen molar-refractivity contribution in [2.75, 3.05) is 13.1 Å². The summed E-state index contributed by atoms with van der Waals surface area (Å²) in [4.78, 5) is 11.9. The van der Waals surface area contributed by atoms with Crippen LogP contribution in [-0.4, -0.2) is 30.1 Å². The van der Waals surface area contributed by atoms with Gasteiger partial charge in [0.25, 0.3) is 0 Å². The Morgan fingerprint density at radius 1 is 1.50 bits per heavy atom. The second kappa shape index (κ2) is 5.87. The Bertz CT molecular complexity index is 420. The highest BCUT2D eigenvalue weighted by atomic mass is 16.3. The molecule has 0 radical (unpaired) electrons. The maximum Gasteiger partial charge on any atom is 0.224 e. The normalized spacial score (nSPS) is 23.6. The minimum atomic E-state index is -0.0183. The molecule has 1 aliphatic rings. The molecule has 1 heterocycles. The van der Waals surface area contributed by atoms with Gasteiger partial charge in [0.05, 0.1) is 6.42 Å². The quantitative estimate of drug-likeness (QED) is 0.749. The molecule has 2 atom stereocenters. The molecule has 1 aromatic rings. The Labute approximate surface area is 107 Å². The Morgan fingerprint density at radius 3 is 3.00 bits per heavy atom. The van der Waals surface area contributed by atoms with E-state index in [9.17, 15) is 9.90 Å². The number of carbonyl (C=O) groups is 1. The first-order valence-corrected chi connectivity index (χ1v) is 6.44. The van der Waals surface area contributed by atoms with Crippen molar-refractivity contribution < 1.29 is 9.90 Å². The van der Waals surface area contributed by atoms with Gasteiger partial charge in [-0.15, -0.1) is 0 Å². The van der Waals surface area contributed by atoms with Crippen molar-refractivity contribution in [1.82, 2.24) is 10.6 Å². The predicted molar refractivity (Wildman–Crippen MR) is 70.4 cm³/mol. The van der Waals surface area contributed by atoms with Crippen molar-refractivity contribution in [2.45, 2.75) is 25.8 Å². The molecule has 1 fully saturated rings. The molecule has 0 aromatic heterocycles. The zero-order valence-corrected chi connectivity index (χ0v) is 10.6. The average Bonchev–Trinajstić information content (AvgIpc) is 2.35. The summed E-state index contributed by atoms with van der Waals surface area (Å²) >= 11 is 0. The van der Waals surface area contributed by atoms with Crippen molar-refractivity contribution in [3.05, 3.63) is 29.8 Å². The van der Waals surface area contributed by atoms with Crippen LogP contribution in [0.2, 0.25) is 0 Å². The second-order valence-corrected chi connectivity index (χ2v) is 4.95. The fourth-order valence-corrected chi connectivity index (χ4v) is 2.32. The number of hydrogen-bond acceptors (Lipinski definition) is 3. The molecule has 98 valence electrons. The molecule has 1 amide bonds. The first kappa shape index (κ1) is 12.9. The summed E-state index contributed by atoms with van der Waals surface area (Å²) in [7, 11) is 0. The van der Waals surface area contributed by atoms with Crippen LogP contribution in [0.25, 0.3) is 0 Å². The highest BCUT2D eigenvalue weighted by molar-refractivity contribution is 5.79. The van der Waals surface area contributed by atoms with Gasteiger partial charge in [0, 0.05) is 11.6 Å². The van der Waals surface area contributed by atoms with E-state index in [0.29, 0.717) is 11.5 Å². The zero-order chi connectivity index (χ0) is 13.0. The highest BCUT2D eigenvalue weighted by Gasteiger charge is 2.22. The van der Waals surface area contributed by atoms with Gasteiger partial charge in [-0.2, -0.15) is 0 Å². The van der Waals surface area contributed by atoms with E-state index >= 15 is 0 Å². The van der Waals surface area contributed by atoms with E-state index < -0.39 is 0 Å². The number of amides is 1. The summed E-state index contributed by atoms with van der Waals surface area (Å²) in [5.41, 5.74) is 0.677. The Hall–Kier alpha value is -1.55. The van der Waals surface area contributed by atoms with Crippen LogP contribution < -0.4 is 10.6 Å². The van der Waals surface area contributed by atoms with Gasteiger partial charge in [-0.05, 0) is 31.5 Å². The Balaban J connectivity index is 1.90. The van der Waals surface area contributed by atoms with Crippen molar-refractivity contribution in [3.8, 4) is 5.75 Å². The molecule has 0 spiro atoms. The first-order valence-electron chi connectivity index (χ1n) is 6.44. The van der Waals surface area contributed by atoms with Gasteiger partial charge < -0.3 is 15.7 Å². The topological polar surface area (TPSA) is 61.4 Å². The van der Waals surface area contributed by atoms with Crippen molar-refractivity contribution in [3.63, 3.8) is 0 Å². The van der Waals surface area contributed by atoms with Gasteiger partial charge >= 0.3 is 0 Å². The molecule has 4 heteroatoms. The van der Waals surface area contributed by atoms with Crippen molar-refractivity contribution in [1.29, 1.82) is 0 Å². The molecule has 1 aromatic carbocycles. The molecule has 3 N–H and O–H groups in total. The molecule has 2 unspecified atom stereocenters. The third kappa shape index (κ3) is 3.23. The third-order valence-corrected chi connectivity index (χ3v) is 3.47. The summed E-state index contributed by atoms with van der Waals surface area (Å²) in [6.45, 7) is 4.03. The second-order valence-electron chi connectivity index (χ2n) is 4.95. The number of hydrogen-bond donors (Lipinski definition) is 3. The molecule has 1 aliphatic heterocycles. The number of benzene rings is 1. The maximum atomic E-state index is 11.9. The Morgan fingerprint density at radius 2 is 2.28 bits per heavy atom. The monoisotopic (exact) mass is 248 g/mol. The fraction of sp³-hybridized carbons (Fsp3) is 0.500. The lowest BCUT2D eigenvalue weighted by atomic mass is 9.95. The summed E-state index contributed by atoms with van der Waals surface area (Å²) < 4.78 is 0. The van der Waals surface area contributed by atoms with Crippen LogP contribution in [0.4, 0.5) is 0 Å². The van der Waals surface area contributed by atoms with Crippen LogP contribution in [0.5, 0.6) is 5.75 Å². The molecular weight excluding hydrogens is 228 g/mol. The van der Waals surface area contributed by atoms with E-state index in [-0.39, 0.29) is 24.1 Å². The molecule has 2 rings (SSSR count). The van der Waals surface area contributed by atoms with Gasteiger partial charge in [-0.25, -0.2) is 0 Å². The fourth-order valence-electron chi connectivity index (χ4n) is 2.32. The molecule has 0 saturated carbocycles. The molecule has 0 bridgehead atoms. The smallest absolute Gasteiger partial charge is 0.224 e. The number of carbonyl (C=O) groups excluding carboxylic acids is 1. The van der Waals surface area contributed by atoms with Gasteiger partial charge in [0.1, 0.15) is 5.75 Å². The molecule has 0 aliphatic carbocycles. The predicted octanol–water partition coefficient (Wildman–Crippen LogP) is 1.05. The van der Waals surface area contributed by atoms with Crippen LogP contribution in [0, 0.1) is 5.92 Å².